The summed E-state index contributed by atoms with van der Waals surface area (Å²) in [5.74, 6) is -0.641. The maximum absolute atomic E-state index is 13.5. The number of aliphatic carboxylic acids is 1. The highest BCUT2D eigenvalue weighted by Crippen LogP contribution is 2.43. The zero-order chi connectivity index (χ0) is 37.8. The third kappa shape index (κ3) is 7.04. The molecule has 54 heavy (non-hydrogen) atoms. The van der Waals surface area contributed by atoms with E-state index in [2.05, 4.69) is 15.0 Å². The van der Waals surface area contributed by atoms with Gasteiger partial charge in [0.2, 0.25) is 0 Å². The highest BCUT2D eigenvalue weighted by atomic mass is 16.6. The number of hydrogen-bond acceptors (Lipinski definition) is 11. The number of carbonyl (C=O) groups is 2. The number of H-pyrrole nitrogens is 1. The monoisotopic (exact) mass is 732 g/mol. The molecule has 14 nitrogen and oxygen atoms in total. The van der Waals surface area contributed by atoms with Crippen LogP contribution >= 0.6 is 0 Å². The second kappa shape index (κ2) is 15.3. The molecule has 14 heteroatoms. The van der Waals surface area contributed by atoms with Crippen LogP contribution in [-0.4, -0.2) is 69.6 Å². The molecule has 2 aromatic heterocycles. The number of carboxylic acid groups (broad SMARTS) is 1. The number of benzene rings is 4. The molecule has 0 unspecified atom stereocenters. The minimum atomic E-state index is -1.26. The quantitative estimate of drug-likeness (QED) is 0.0949. The van der Waals surface area contributed by atoms with Crippen LogP contribution < -0.4 is 20.7 Å². The predicted molar refractivity (Wildman–Crippen MR) is 195 cm³/mol. The maximum Gasteiger partial charge on any atom is 0.332 e. The van der Waals surface area contributed by atoms with Crippen LogP contribution in [0.25, 0.3) is 22.2 Å². The highest BCUT2D eigenvalue weighted by molar-refractivity contribution is 5.83. The van der Waals surface area contributed by atoms with E-state index in [1.807, 2.05) is 78.9 Å². The summed E-state index contributed by atoms with van der Waals surface area (Å²) in [6.07, 6.45) is -3.94. The van der Waals surface area contributed by atoms with E-state index in [1.54, 1.807) is 38.5 Å². The number of ether oxygens (including phenoxy) is 5. The summed E-state index contributed by atoms with van der Waals surface area (Å²) in [6, 6.07) is 31.4. The Labute approximate surface area is 307 Å². The molecule has 0 aliphatic carbocycles. The largest absolute Gasteiger partial charge is 0.497 e. The van der Waals surface area contributed by atoms with E-state index in [-0.39, 0.29) is 30.6 Å². The summed E-state index contributed by atoms with van der Waals surface area (Å²) in [7, 11) is 3.16. The molecular weight excluding hydrogens is 696 g/mol. The second-order valence-corrected chi connectivity index (χ2v) is 12.6. The van der Waals surface area contributed by atoms with Crippen molar-refractivity contribution in [2.45, 2.75) is 43.3 Å². The standard InChI is InChI=1S/C40H36N4O10/c1-50-27-16-12-25(13-17-27)40(24-8-4-3-5-9-24,26-14-18-28(51-2)19-15-26)52-23-32-31(54-35(47)21-20-34(45)46)22-33(53-32)44-37-36(38(48)43-39(44)49)41-29-10-6-7-11-30(29)42-37/h3-19,31-33H,20-23H2,1-2H3,(H,45,46)(H,43,48,49)/t31-,32+,33+/m0/s1. The summed E-state index contributed by atoms with van der Waals surface area (Å²) in [5.41, 5.74) is 0.307. The first-order valence-electron chi connectivity index (χ1n) is 17.2. The number of methoxy groups -OCH3 is 2. The number of nitrogens with zero attached hydrogens (tertiary/aromatic N) is 3. The van der Waals surface area contributed by atoms with Gasteiger partial charge >= 0.3 is 17.6 Å². The van der Waals surface area contributed by atoms with Crippen molar-refractivity contribution in [1.29, 1.82) is 0 Å². The van der Waals surface area contributed by atoms with Gasteiger partial charge in [0.15, 0.2) is 11.2 Å². The van der Waals surface area contributed by atoms with Crippen molar-refractivity contribution >= 4 is 34.1 Å². The summed E-state index contributed by atoms with van der Waals surface area (Å²) < 4.78 is 31.5. The smallest absolute Gasteiger partial charge is 0.332 e. The SMILES string of the molecule is COc1ccc(C(OC[C@H]2O[C@@H](n3c(=O)[nH]c(=O)c4nc5ccccc5nc43)C[C@@H]2OC(=O)CCC(=O)O)(c2ccccc2)c2ccc(OC)cc2)cc1. The van der Waals surface area contributed by atoms with E-state index >= 15 is 0 Å². The molecule has 1 fully saturated rings. The summed E-state index contributed by atoms with van der Waals surface area (Å²) in [6.45, 7) is -0.176. The van der Waals surface area contributed by atoms with Crippen LogP contribution in [0.2, 0.25) is 0 Å². The van der Waals surface area contributed by atoms with E-state index in [1.165, 1.54) is 4.57 Å². The van der Waals surface area contributed by atoms with Crippen LogP contribution in [0.15, 0.2) is 113 Å². The number of nitrogens with one attached hydrogen (secondary N) is 1. The number of carboxylic acids is 1. The molecule has 3 atom stereocenters. The van der Waals surface area contributed by atoms with Crippen molar-refractivity contribution in [1.82, 2.24) is 19.5 Å². The third-order valence-corrected chi connectivity index (χ3v) is 9.37. The Kier molecular flexibility index (Phi) is 10.2. The zero-order valence-electron chi connectivity index (χ0n) is 29.3. The molecule has 0 saturated carbocycles. The van der Waals surface area contributed by atoms with Gasteiger partial charge in [-0.2, -0.15) is 0 Å². The number of rotatable bonds is 13. The fraction of sp³-hybridized carbons (Fsp3) is 0.250. The van der Waals surface area contributed by atoms with Gasteiger partial charge in [-0.1, -0.05) is 66.7 Å². The molecule has 4 aromatic carbocycles. The highest BCUT2D eigenvalue weighted by Gasteiger charge is 2.44. The average Bonchev–Trinajstić information content (AvgIpc) is 3.58. The lowest BCUT2D eigenvalue weighted by atomic mass is 9.80. The first-order chi connectivity index (χ1) is 26.2. The molecule has 0 spiro atoms. The number of hydrogen-bond donors (Lipinski definition) is 2. The lowest BCUT2D eigenvalue weighted by Gasteiger charge is -2.37. The van der Waals surface area contributed by atoms with Gasteiger partial charge in [0.05, 0.1) is 44.7 Å². The Bertz CT molecular complexity index is 2370. The van der Waals surface area contributed by atoms with Gasteiger partial charge in [-0.15, -0.1) is 0 Å². The molecule has 3 heterocycles. The molecule has 7 rings (SSSR count). The molecular formula is C40H36N4O10. The van der Waals surface area contributed by atoms with Gasteiger partial charge in [-0.25, -0.2) is 19.3 Å². The topological polar surface area (TPSA) is 181 Å². The molecule has 1 aliphatic heterocycles. The molecule has 2 N–H and O–H groups in total. The molecule has 0 bridgehead atoms. The van der Waals surface area contributed by atoms with Crippen LogP contribution in [0, 0.1) is 0 Å². The fourth-order valence-corrected chi connectivity index (χ4v) is 6.74. The molecule has 0 radical (unpaired) electrons. The fourth-order valence-electron chi connectivity index (χ4n) is 6.74. The van der Waals surface area contributed by atoms with Gasteiger partial charge in [-0.05, 0) is 53.1 Å². The van der Waals surface area contributed by atoms with Crippen LogP contribution in [0.1, 0.15) is 42.2 Å². The molecule has 1 aliphatic rings. The minimum absolute atomic E-state index is 0.0138. The number of carbonyl (C=O) groups excluding carboxylic acids is 1. The van der Waals surface area contributed by atoms with Crippen LogP contribution in [0.3, 0.4) is 0 Å². The van der Waals surface area contributed by atoms with E-state index in [0.29, 0.717) is 22.5 Å². The Hall–Kier alpha value is -6.38. The van der Waals surface area contributed by atoms with E-state index in [4.69, 9.17) is 23.7 Å². The lowest BCUT2D eigenvalue weighted by molar-refractivity contribution is -0.157. The first-order valence-corrected chi connectivity index (χ1v) is 17.2. The van der Waals surface area contributed by atoms with E-state index in [0.717, 1.165) is 16.7 Å². The number of esters is 1. The van der Waals surface area contributed by atoms with Gasteiger partial charge in [0.25, 0.3) is 5.56 Å². The van der Waals surface area contributed by atoms with E-state index in [9.17, 15) is 24.3 Å². The van der Waals surface area contributed by atoms with Crippen molar-refractivity contribution < 1.29 is 38.4 Å². The van der Waals surface area contributed by atoms with Crippen molar-refractivity contribution in [2.24, 2.45) is 0 Å². The van der Waals surface area contributed by atoms with Gasteiger partial charge in [-0.3, -0.25) is 19.4 Å². The Morgan fingerprint density at radius 1 is 0.815 bits per heavy atom. The van der Waals surface area contributed by atoms with Crippen molar-refractivity contribution in [3.05, 3.63) is 141 Å². The van der Waals surface area contributed by atoms with Crippen molar-refractivity contribution in [3.63, 3.8) is 0 Å². The Morgan fingerprint density at radius 2 is 1.39 bits per heavy atom. The van der Waals surface area contributed by atoms with Crippen molar-refractivity contribution in [2.75, 3.05) is 20.8 Å². The number of aromatic nitrogens is 4. The third-order valence-electron chi connectivity index (χ3n) is 9.37. The Morgan fingerprint density at radius 3 is 1.98 bits per heavy atom. The predicted octanol–water partition coefficient (Wildman–Crippen LogP) is 4.72. The van der Waals surface area contributed by atoms with Crippen LogP contribution in [-0.2, 0) is 29.4 Å². The lowest BCUT2D eigenvalue weighted by Crippen LogP contribution is -2.39. The minimum Gasteiger partial charge on any atom is -0.497 e. The summed E-state index contributed by atoms with van der Waals surface area (Å²) in [5, 5.41) is 9.21. The Balaban J connectivity index is 1.32. The van der Waals surface area contributed by atoms with Crippen LogP contribution in [0.5, 0.6) is 11.5 Å². The molecule has 6 aromatic rings. The van der Waals surface area contributed by atoms with Gasteiger partial charge in [0, 0.05) is 6.42 Å². The normalized spacial score (nSPS) is 17.0. The van der Waals surface area contributed by atoms with Gasteiger partial charge < -0.3 is 28.8 Å². The summed E-state index contributed by atoms with van der Waals surface area (Å²) >= 11 is 0. The molecule has 0 amide bonds. The van der Waals surface area contributed by atoms with Crippen LogP contribution in [0.4, 0.5) is 0 Å². The average molecular weight is 733 g/mol. The maximum atomic E-state index is 13.5. The second-order valence-electron chi connectivity index (χ2n) is 12.6. The zero-order valence-corrected chi connectivity index (χ0v) is 29.3. The number of aromatic amines is 1. The first kappa shape index (κ1) is 36.0. The number of para-hydroxylation sites is 2. The number of fused-ring (bicyclic) bond motifs is 2. The van der Waals surface area contributed by atoms with E-state index < -0.39 is 53.6 Å². The van der Waals surface area contributed by atoms with Gasteiger partial charge in [0.1, 0.15) is 35.5 Å². The molecule has 276 valence electrons. The summed E-state index contributed by atoms with van der Waals surface area (Å²) in [4.78, 5) is 62.1. The molecule has 1 saturated heterocycles. The van der Waals surface area contributed by atoms with Crippen molar-refractivity contribution in [3.8, 4) is 11.5 Å².